The summed E-state index contributed by atoms with van der Waals surface area (Å²) < 4.78 is 27.3. The van der Waals surface area contributed by atoms with Gasteiger partial charge in [-0.2, -0.15) is 0 Å². The Kier molecular flexibility index (Phi) is 2.82. The molecule has 1 aromatic carbocycles. The molecule has 88 valence electrons. The number of hydrogen-bond donors (Lipinski definition) is 1. The second-order valence-electron chi connectivity index (χ2n) is 3.30. The molecule has 0 saturated carbocycles. The summed E-state index contributed by atoms with van der Waals surface area (Å²) in [5.41, 5.74) is 0.0512. The number of aliphatic carboxylic acids is 1. The third kappa shape index (κ3) is 2.27. The van der Waals surface area contributed by atoms with E-state index < -0.39 is 17.6 Å². The normalized spacial score (nSPS) is 10.5. The standard InChI is InChI=1S/C10H7F2N3O2/c11-7-2-1-3-8(10(7)12)15-5-6(13-14-15)4-9(16)17/h1-3,5H,4H2,(H,16,17). The molecule has 5 nitrogen and oxygen atoms in total. The monoisotopic (exact) mass is 239 g/mol. The molecule has 0 spiro atoms. The van der Waals surface area contributed by atoms with Crippen LogP contribution in [0.4, 0.5) is 8.78 Å². The van der Waals surface area contributed by atoms with Crippen LogP contribution in [-0.2, 0) is 11.2 Å². The van der Waals surface area contributed by atoms with Gasteiger partial charge in [0, 0.05) is 0 Å². The minimum atomic E-state index is -1.07. The molecule has 0 saturated heterocycles. The van der Waals surface area contributed by atoms with Gasteiger partial charge >= 0.3 is 5.97 Å². The van der Waals surface area contributed by atoms with E-state index in [2.05, 4.69) is 10.3 Å². The van der Waals surface area contributed by atoms with Gasteiger partial charge in [0.2, 0.25) is 0 Å². The molecule has 0 aliphatic carbocycles. The van der Waals surface area contributed by atoms with E-state index in [0.717, 1.165) is 10.7 Å². The lowest BCUT2D eigenvalue weighted by Gasteiger charge is -2.01. The summed E-state index contributed by atoms with van der Waals surface area (Å²) in [4.78, 5) is 10.4. The first-order chi connectivity index (χ1) is 8.08. The highest BCUT2D eigenvalue weighted by Crippen LogP contribution is 2.15. The maximum Gasteiger partial charge on any atom is 0.309 e. The molecule has 0 aliphatic rings. The summed E-state index contributed by atoms with van der Waals surface area (Å²) in [6.07, 6.45) is 0.920. The van der Waals surface area contributed by atoms with Gasteiger partial charge in [0.15, 0.2) is 11.6 Å². The highest BCUT2D eigenvalue weighted by molar-refractivity contribution is 5.69. The van der Waals surface area contributed by atoms with Gasteiger partial charge in [-0.15, -0.1) is 5.10 Å². The van der Waals surface area contributed by atoms with E-state index in [9.17, 15) is 13.6 Å². The Labute approximate surface area is 94.3 Å². The van der Waals surface area contributed by atoms with Crippen LogP contribution in [0.1, 0.15) is 5.69 Å². The van der Waals surface area contributed by atoms with E-state index in [1.165, 1.54) is 18.3 Å². The summed E-state index contributed by atoms with van der Waals surface area (Å²) in [6, 6.07) is 3.62. The van der Waals surface area contributed by atoms with Crippen molar-refractivity contribution >= 4 is 5.97 Å². The Morgan fingerprint density at radius 1 is 1.41 bits per heavy atom. The van der Waals surface area contributed by atoms with Crippen molar-refractivity contribution in [2.75, 3.05) is 0 Å². The first kappa shape index (κ1) is 11.2. The molecule has 2 rings (SSSR count). The average Bonchev–Trinajstić information content (AvgIpc) is 2.69. The number of carboxylic acid groups (broad SMARTS) is 1. The number of aromatic nitrogens is 3. The number of halogens is 2. The number of carboxylic acids is 1. The van der Waals surface area contributed by atoms with Gasteiger partial charge in [0.1, 0.15) is 5.69 Å². The smallest absolute Gasteiger partial charge is 0.309 e. The molecule has 0 bridgehead atoms. The van der Waals surface area contributed by atoms with Gasteiger partial charge in [0.05, 0.1) is 18.3 Å². The molecule has 0 unspecified atom stereocenters. The molecule has 7 heteroatoms. The summed E-state index contributed by atoms with van der Waals surface area (Å²) in [6.45, 7) is 0. The van der Waals surface area contributed by atoms with Crippen molar-refractivity contribution < 1.29 is 18.7 Å². The zero-order chi connectivity index (χ0) is 12.4. The molecule has 0 radical (unpaired) electrons. The summed E-state index contributed by atoms with van der Waals surface area (Å²) in [5, 5.41) is 15.6. The fourth-order valence-corrected chi connectivity index (χ4v) is 1.32. The Morgan fingerprint density at radius 3 is 2.88 bits per heavy atom. The van der Waals surface area contributed by atoms with Crippen LogP contribution in [0.15, 0.2) is 24.4 Å². The average molecular weight is 239 g/mol. The van der Waals surface area contributed by atoms with E-state index in [1.807, 2.05) is 0 Å². The largest absolute Gasteiger partial charge is 0.481 e. The molecule has 0 amide bonds. The third-order valence-electron chi connectivity index (χ3n) is 2.05. The van der Waals surface area contributed by atoms with Crippen LogP contribution in [0.3, 0.4) is 0 Å². The molecular weight excluding hydrogens is 232 g/mol. The van der Waals surface area contributed by atoms with Crippen LogP contribution in [-0.4, -0.2) is 26.1 Å². The van der Waals surface area contributed by atoms with Crippen molar-refractivity contribution in [1.82, 2.24) is 15.0 Å². The maximum absolute atomic E-state index is 13.4. The van der Waals surface area contributed by atoms with Crippen LogP contribution in [0.5, 0.6) is 0 Å². The van der Waals surface area contributed by atoms with Crippen molar-refractivity contribution in [3.05, 3.63) is 41.7 Å². The minimum absolute atomic E-state index is 0.117. The highest BCUT2D eigenvalue weighted by atomic mass is 19.2. The van der Waals surface area contributed by atoms with Crippen LogP contribution >= 0.6 is 0 Å². The van der Waals surface area contributed by atoms with Crippen molar-refractivity contribution in [1.29, 1.82) is 0 Å². The van der Waals surface area contributed by atoms with Gasteiger partial charge in [-0.3, -0.25) is 4.79 Å². The molecule has 0 aliphatic heterocycles. The molecule has 0 fully saturated rings. The highest BCUT2D eigenvalue weighted by Gasteiger charge is 2.12. The molecule has 2 aromatic rings. The Hall–Kier alpha value is -2.31. The Balaban J connectivity index is 2.37. The lowest BCUT2D eigenvalue weighted by Crippen LogP contribution is -2.01. The number of nitrogens with zero attached hydrogens (tertiary/aromatic N) is 3. The Bertz CT molecular complexity index is 568. The molecule has 0 atom stereocenters. The van der Waals surface area contributed by atoms with Gasteiger partial charge in [-0.05, 0) is 12.1 Å². The molecule has 17 heavy (non-hydrogen) atoms. The molecule has 1 N–H and O–H groups in total. The minimum Gasteiger partial charge on any atom is -0.481 e. The number of rotatable bonds is 3. The van der Waals surface area contributed by atoms with Gasteiger partial charge in [0.25, 0.3) is 0 Å². The topological polar surface area (TPSA) is 68.0 Å². The molecular formula is C10H7F2N3O2. The SMILES string of the molecule is O=C(O)Cc1cn(-c2cccc(F)c2F)nn1. The van der Waals surface area contributed by atoms with Gasteiger partial charge in [-0.25, -0.2) is 13.5 Å². The van der Waals surface area contributed by atoms with E-state index in [4.69, 9.17) is 5.11 Å². The zero-order valence-electron chi connectivity index (χ0n) is 8.47. The van der Waals surface area contributed by atoms with E-state index in [-0.39, 0.29) is 17.8 Å². The predicted molar refractivity (Wildman–Crippen MR) is 52.6 cm³/mol. The predicted octanol–water partition coefficient (Wildman–Crippen LogP) is 1.17. The quantitative estimate of drug-likeness (QED) is 0.873. The maximum atomic E-state index is 13.4. The number of hydrogen-bond acceptors (Lipinski definition) is 3. The lowest BCUT2D eigenvalue weighted by atomic mass is 10.3. The van der Waals surface area contributed by atoms with Crippen molar-refractivity contribution in [3.63, 3.8) is 0 Å². The zero-order valence-corrected chi connectivity index (χ0v) is 8.47. The summed E-state index contributed by atoms with van der Waals surface area (Å²) >= 11 is 0. The Morgan fingerprint density at radius 2 is 2.18 bits per heavy atom. The molecule has 1 aromatic heterocycles. The van der Waals surface area contributed by atoms with E-state index in [1.54, 1.807) is 0 Å². The van der Waals surface area contributed by atoms with Gasteiger partial charge < -0.3 is 5.11 Å². The van der Waals surface area contributed by atoms with Crippen LogP contribution in [0.2, 0.25) is 0 Å². The third-order valence-corrected chi connectivity index (χ3v) is 2.05. The first-order valence-electron chi connectivity index (χ1n) is 4.65. The number of benzene rings is 1. The van der Waals surface area contributed by atoms with Gasteiger partial charge in [-0.1, -0.05) is 11.3 Å². The van der Waals surface area contributed by atoms with Crippen molar-refractivity contribution in [2.24, 2.45) is 0 Å². The summed E-state index contributed by atoms with van der Waals surface area (Å²) in [7, 11) is 0. The fourth-order valence-electron chi connectivity index (χ4n) is 1.32. The van der Waals surface area contributed by atoms with Crippen molar-refractivity contribution in [2.45, 2.75) is 6.42 Å². The number of carbonyl (C=O) groups is 1. The van der Waals surface area contributed by atoms with E-state index >= 15 is 0 Å². The van der Waals surface area contributed by atoms with Crippen LogP contribution in [0, 0.1) is 11.6 Å². The molecule has 1 heterocycles. The van der Waals surface area contributed by atoms with Crippen LogP contribution in [0.25, 0.3) is 5.69 Å². The second-order valence-corrected chi connectivity index (χ2v) is 3.30. The fraction of sp³-hybridized carbons (Fsp3) is 0.100. The summed E-state index contributed by atoms with van der Waals surface area (Å²) in [5.74, 6) is -3.13. The van der Waals surface area contributed by atoms with Crippen LogP contribution < -0.4 is 0 Å². The van der Waals surface area contributed by atoms with E-state index in [0.29, 0.717) is 0 Å². The van der Waals surface area contributed by atoms with Crippen molar-refractivity contribution in [3.8, 4) is 5.69 Å². The second kappa shape index (κ2) is 4.28. The lowest BCUT2D eigenvalue weighted by molar-refractivity contribution is -0.136. The first-order valence-corrected chi connectivity index (χ1v) is 4.65.